The quantitative estimate of drug-likeness (QED) is 0.470. The molecule has 1 aromatic carbocycles. The van der Waals surface area contributed by atoms with Crippen molar-refractivity contribution in [1.82, 2.24) is 10.3 Å². The second-order valence-electron chi connectivity index (χ2n) is 4.91. The number of nitrogens with one attached hydrogen (secondary N) is 2. The van der Waals surface area contributed by atoms with E-state index in [4.69, 9.17) is 9.47 Å². The molecule has 8 heteroatoms. The van der Waals surface area contributed by atoms with Crippen LogP contribution in [0, 0.1) is 3.57 Å². The molecule has 132 valence electrons. The van der Waals surface area contributed by atoms with Crippen molar-refractivity contribution in [3.8, 4) is 5.88 Å². The Bertz CT molecular complexity index is 739. The zero-order chi connectivity index (χ0) is 18.1. The van der Waals surface area contributed by atoms with Crippen molar-refractivity contribution < 1.29 is 19.1 Å². The molecule has 7 nitrogen and oxygen atoms in total. The topological polar surface area (TPSA) is 89.6 Å². The molecule has 0 radical (unpaired) electrons. The molecular formula is C17H18IN3O4. The molecule has 0 spiro atoms. The van der Waals surface area contributed by atoms with Crippen molar-refractivity contribution in [3.63, 3.8) is 0 Å². The number of pyridine rings is 1. The van der Waals surface area contributed by atoms with E-state index in [1.165, 1.54) is 0 Å². The number of ether oxygens (including phenoxy) is 2. The Morgan fingerprint density at radius 2 is 1.96 bits per heavy atom. The summed E-state index contributed by atoms with van der Waals surface area (Å²) in [5.74, 6) is -0.372. The number of amides is 2. The Labute approximate surface area is 159 Å². The van der Waals surface area contributed by atoms with E-state index in [0.717, 1.165) is 3.57 Å². The average molecular weight is 455 g/mol. The lowest BCUT2D eigenvalue weighted by atomic mass is 10.2. The first-order valence-electron chi connectivity index (χ1n) is 7.51. The van der Waals surface area contributed by atoms with Crippen molar-refractivity contribution in [3.05, 3.63) is 51.7 Å². The van der Waals surface area contributed by atoms with Crippen LogP contribution < -0.4 is 15.4 Å². The van der Waals surface area contributed by atoms with Crippen LogP contribution in [0.5, 0.6) is 5.88 Å². The van der Waals surface area contributed by atoms with E-state index in [2.05, 4.69) is 38.2 Å². The molecule has 0 fully saturated rings. The van der Waals surface area contributed by atoms with Gasteiger partial charge in [-0.2, -0.15) is 0 Å². The lowest BCUT2D eigenvalue weighted by Crippen LogP contribution is -2.33. The van der Waals surface area contributed by atoms with Gasteiger partial charge in [-0.3, -0.25) is 9.59 Å². The number of halogens is 1. The number of carbonyl (C=O) groups excluding carboxylic acids is 2. The summed E-state index contributed by atoms with van der Waals surface area (Å²) in [5.41, 5.74) is 0.966. The summed E-state index contributed by atoms with van der Waals surface area (Å²) in [5, 5.41) is 5.27. The van der Waals surface area contributed by atoms with Gasteiger partial charge in [-0.05, 0) is 46.9 Å². The number of benzene rings is 1. The van der Waals surface area contributed by atoms with Crippen LogP contribution in [-0.4, -0.2) is 43.7 Å². The molecule has 2 rings (SSSR count). The van der Waals surface area contributed by atoms with Crippen LogP contribution in [-0.2, 0) is 9.53 Å². The van der Waals surface area contributed by atoms with Gasteiger partial charge < -0.3 is 20.1 Å². The molecule has 0 saturated heterocycles. The highest BCUT2D eigenvalue weighted by Crippen LogP contribution is 2.20. The second kappa shape index (κ2) is 9.94. The number of aromatic nitrogens is 1. The van der Waals surface area contributed by atoms with Crippen LogP contribution in [0.4, 0.5) is 5.69 Å². The summed E-state index contributed by atoms with van der Waals surface area (Å²) < 4.78 is 11.2. The summed E-state index contributed by atoms with van der Waals surface area (Å²) in [4.78, 5) is 28.3. The highest BCUT2D eigenvalue weighted by atomic mass is 127. The highest BCUT2D eigenvalue weighted by Gasteiger charge is 2.12. The maximum absolute atomic E-state index is 12.1. The van der Waals surface area contributed by atoms with E-state index in [0.29, 0.717) is 30.3 Å². The molecule has 0 unspecified atom stereocenters. The third kappa shape index (κ3) is 5.98. The number of nitrogens with zero attached hydrogens (tertiary/aromatic N) is 1. The molecule has 1 aromatic heterocycles. The number of anilines is 1. The smallest absolute Gasteiger partial charge is 0.252 e. The van der Waals surface area contributed by atoms with E-state index in [1.807, 2.05) is 12.1 Å². The van der Waals surface area contributed by atoms with Crippen LogP contribution in [0.25, 0.3) is 0 Å². The highest BCUT2D eigenvalue weighted by molar-refractivity contribution is 14.1. The summed E-state index contributed by atoms with van der Waals surface area (Å²) in [6.45, 7) is 0.575. The Hall–Kier alpha value is -2.20. The van der Waals surface area contributed by atoms with Crippen molar-refractivity contribution in [2.45, 2.75) is 0 Å². The Kier molecular flexibility index (Phi) is 7.61. The normalized spacial score (nSPS) is 10.2. The van der Waals surface area contributed by atoms with E-state index in [1.54, 1.807) is 37.6 Å². The van der Waals surface area contributed by atoms with Gasteiger partial charge in [0.1, 0.15) is 12.3 Å². The third-order valence-corrected chi connectivity index (χ3v) is 4.04. The number of methoxy groups -OCH3 is 1. The van der Waals surface area contributed by atoms with Crippen LogP contribution >= 0.6 is 22.6 Å². The van der Waals surface area contributed by atoms with E-state index in [9.17, 15) is 9.59 Å². The van der Waals surface area contributed by atoms with Crippen LogP contribution in [0.15, 0.2) is 42.6 Å². The van der Waals surface area contributed by atoms with E-state index < -0.39 is 0 Å². The maximum Gasteiger partial charge on any atom is 0.252 e. The Balaban J connectivity index is 1.90. The van der Waals surface area contributed by atoms with Crippen LogP contribution in [0.3, 0.4) is 0 Å². The summed E-state index contributed by atoms with van der Waals surface area (Å²) in [6, 6.07) is 10.5. The van der Waals surface area contributed by atoms with Gasteiger partial charge in [-0.25, -0.2) is 4.98 Å². The number of hydrogen-bond acceptors (Lipinski definition) is 5. The average Bonchev–Trinajstić information content (AvgIpc) is 2.62. The first kappa shape index (κ1) is 19.1. The van der Waals surface area contributed by atoms with Gasteiger partial charge in [0.25, 0.3) is 5.91 Å². The summed E-state index contributed by atoms with van der Waals surface area (Å²) >= 11 is 2.08. The lowest BCUT2D eigenvalue weighted by molar-refractivity contribution is -0.115. The summed E-state index contributed by atoms with van der Waals surface area (Å²) in [7, 11) is 1.57. The van der Waals surface area contributed by atoms with Gasteiger partial charge in [0.05, 0.1) is 18.7 Å². The van der Waals surface area contributed by atoms with Gasteiger partial charge in [-0.15, -0.1) is 0 Å². The Morgan fingerprint density at radius 3 is 2.72 bits per heavy atom. The minimum atomic E-state index is -0.371. The largest absolute Gasteiger partial charge is 0.474 e. The first-order valence-corrected chi connectivity index (χ1v) is 8.59. The van der Waals surface area contributed by atoms with Crippen molar-refractivity contribution >= 4 is 40.1 Å². The second-order valence-corrected chi connectivity index (χ2v) is 6.07. The first-order chi connectivity index (χ1) is 12.1. The van der Waals surface area contributed by atoms with Crippen LogP contribution in [0.1, 0.15) is 10.4 Å². The molecule has 0 atom stereocenters. The predicted molar refractivity (Wildman–Crippen MR) is 102 cm³/mol. The van der Waals surface area contributed by atoms with Gasteiger partial charge in [0.2, 0.25) is 11.8 Å². The number of carbonyl (C=O) groups is 2. The molecule has 25 heavy (non-hydrogen) atoms. The van der Waals surface area contributed by atoms with Gasteiger partial charge >= 0.3 is 0 Å². The van der Waals surface area contributed by atoms with Crippen molar-refractivity contribution in [2.75, 3.05) is 32.2 Å². The SMILES string of the molecule is COCCOc1ncccc1NC(=O)CNC(=O)c1ccccc1I. The van der Waals surface area contributed by atoms with Gasteiger partial charge in [-0.1, -0.05) is 12.1 Å². The van der Waals surface area contributed by atoms with E-state index in [-0.39, 0.29) is 18.4 Å². The molecule has 0 saturated carbocycles. The molecule has 2 amide bonds. The van der Waals surface area contributed by atoms with Crippen LogP contribution in [0.2, 0.25) is 0 Å². The third-order valence-electron chi connectivity index (χ3n) is 3.10. The molecule has 0 aliphatic carbocycles. The van der Waals surface area contributed by atoms with Gasteiger partial charge in [0.15, 0.2) is 0 Å². The zero-order valence-electron chi connectivity index (χ0n) is 13.6. The minimum absolute atomic E-state index is 0.157. The van der Waals surface area contributed by atoms with Crippen molar-refractivity contribution in [1.29, 1.82) is 0 Å². The minimum Gasteiger partial charge on any atom is -0.474 e. The van der Waals surface area contributed by atoms with E-state index >= 15 is 0 Å². The molecule has 0 bridgehead atoms. The molecule has 1 heterocycles. The molecule has 2 aromatic rings. The standard InChI is InChI=1S/C17H18IN3O4/c1-24-9-10-25-17-14(7-4-8-19-17)21-15(22)11-20-16(23)12-5-2-3-6-13(12)18/h2-8H,9-11H2,1H3,(H,20,23)(H,21,22). The fourth-order valence-corrected chi connectivity index (χ4v) is 2.55. The number of rotatable bonds is 8. The number of hydrogen-bond donors (Lipinski definition) is 2. The van der Waals surface area contributed by atoms with Crippen molar-refractivity contribution in [2.24, 2.45) is 0 Å². The molecule has 0 aliphatic heterocycles. The summed E-state index contributed by atoms with van der Waals surface area (Å²) in [6.07, 6.45) is 1.57. The van der Waals surface area contributed by atoms with Gasteiger partial charge in [0, 0.05) is 16.9 Å². The zero-order valence-corrected chi connectivity index (χ0v) is 15.8. The molecule has 2 N–H and O–H groups in total. The maximum atomic E-state index is 12.1. The molecule has 0 aliphatic rings. The Morgan fingerprint density at radius 1 is 1.16 bits per heavy atom. The monoisotopic (exact) mass is 455 g/mol. The lowest BCUT2D eigenvalue weighted by Gasteiger charge is -2.11. The predicted octanol–water partition coefficient (Wildman–Crippen LogP) is 2.08. The fourth-order valence-electron chi connectivity index (χ4n) is 1.92. The molecular weight excluding hydrogens is 437 g/mol. The fraction of sp³-hybridized carbons (Fsp3) is 0.235.